The van der Waals surface area contributed by atoms with E-state index in [2.05, 4.69) is 17.2 Å². The first kappa shape index (κ1) is 14.2. The Morgan fingerprint density at radius 2 is 2.17 bits per heavy atom. The molecule has 0 spiro atoms. The van der Waals surface area contributed by atoms with Crippen LogP contribution in [0.4, 0.5) is 17.3 Å². The average Bonchev–Trinajstić information content (AvgIpc) is 2.38. The summed E-state index contributed by atoms with van der Waals surface area (Å²) in [7, 11) is 3.61. The summed E-state index contributed by atoms with van der Waals surface area (Å²) >= 11 is 0. The van der Waals surface area contributed by atoms with E-state index in [1.165, 1.54) is 12.1 Å². The highest BCUT2D eigenvalue weighted by Gasteiger charge is 2.12. The van der Waals surface area contributed by atoms with Crippen molar-refractivity contribution in [2.45, 2.75) is 26.2 Å². The lowest BCUT2D eigenvalue weighted by molar-refractivity contribution is -0.384. The molecule has 0 bridgehead atoms. The molecule has 0 atom stereocenters. The SMILES string of the molecule is CCCCCN(C)c1cc([N+](=O)[O-])cc(NC)n1. The fourth-order valence-electron chi connectivity index (χ4n) is 1.64. The third-order valence-electron chi connectivity index (χ3n) is 2.75. The zero-order chi connectivity index (χ0) is 13.5. The lowest BCUT2D eigenvalue weighted by Gasteiger charge is -2.18. The molecule has 1 aromatic rings. The minimum absolute atomic E-state index is 0.0618. The second-order valence-corrected chi connectivity index (χ2v) is 4.20. The quantitative estimate of drug-likeness (QED) is 0.459. The molecule has 0 saturated carbocycles. The number of nitrogens with one attached hydrogen (secondary N) is 1. The van der Waals surface area contributed by atoms with Crippen molar-refractivity contribution in [2.75, 3.05) is 30.9 Å². The van der Waals surface area contributed by atoms with Crippen LogP contribution >= 0.6 is 0 Å². The van der Waals surface area contributed by atoms with Crippen LogP contribution in [0.1, 0.15) is 26.2 Å². The molecule has 6 nitrogen and oxygen atoms in total. The van der Waals surface area contributed by atoms with Gasteiger partial charge in [-0.25, -0.2) is 4.98 Å². The summed E-state index contributed by atoms with van der Waals surface area (Å²) in [4.78, 5) is 16.7. The Morgan fingerprint density at radius 3 is 2.72 bits per heavy atom. The maximum atomic E-state index is 10.8. The number of rotatable bonds is 7. The van der Waals surface area contributed by atoms with E-state index in [9.17, 15) is 10.1 Å². The zero-order valence-corrected chi connectivity index (χ0v) is 11.1. The van der Waals surface area contributed by atoms with E-state index >= 15 is 0 Å². The van der Waals surface area contributed by atoms with Gasteiger partial charge in [-0.15, -0.1) is 0 Å². The van der Waals surface area contributed by atoms with E-state index in [1.54, 1.807) is 7.05 Å². The fourth-order valence-corrected chi connectivity index (χ4v) is 1.64. The van der Waals surface area contributed by atoms with Crippen molar-refractivity contribution in [1.82, 2.24) is 4.98 Å². The van der Waals surface area contributed by atoms with Crippen molar-refractivity contribution in [3.63, 3.8) is 0 Å². The maximum Gasteiger partial charge on any atom is 0.276 e. The van der Waals surface area contributed by atoms with Crippen molar-refractivity contribution in [2.24, 2.45) is 0 Å². The van der Waals surface area contributed by atoms with Crippen LogP contribution in [0.3, 0.4) is 0 Å². The monoisotopic (exact) mass is 252 g/mol. The van der Waals surface area contributed by atoms with Gasteiger partial charge in [0.05, 0.1) is 17.1 Å². The molecule has 0 saturated heterocycles. The van der Waals surface area contributed by atoms with Gasteiger partial charge in [-0.1, -0.05) is 19.8 Å². The molecule has 18 heavy (non-hydrogen) atoms. The van der Waals surface area contributed by atoms with Gasteiger partial charge >= 0.3 is 0 Å². The third kappa shape index (κ3) is 3.87. The number of hydrogen-bond donors (Lipinski definition) is 1. The van der Waals surface area contributed by atoms with Crippen LogP contribution in [0, 0.1) is 10.1 Å². The van der Waals surface area contributed by atoms with E-state index in [1.807, 2.05) is 11.9 Å². The van der Waals surface area contributed by atoms with Gasteiger partial charge in [-0.05, 0) is 6.42 Å². The highest BCUT2D eigenvalue weighted by Crippen LogP contribution is 2.22. The topological polar surface area (TPSA) is 71.3 Å². The molecule has 1 aromatic heterocycles. The lowest BCUT2D eigenvalue weighted by Crippen LogP contribution is -2.20. The normalized spacial score (nSPS) is 10.2. The molecule has 100 valence electrons. The lowest BCUT2D eigenvalue weighted by atomic mass is 10.2. The van der Waals surface area contributed by atoms with Crippen molar-refractivity contribution >= 4 is 17.3 Å². The van der Waals surface area contributed by atoms with Crippen molar-refractivity contribution < 1.29 is 4.92 Å². The van der Waals surface area contributed by atoms with Gasteiger partial charge in [0.2, 0.25) is 0 Å². The molecule has 0 amide bonds. The second kappa shape index (κ2) is 6.78. The maximum absolute atomic E-state index is 10.8. The molecule has 1 rings (SSSR count). The highest BCUT2D eigenvalue weighted by molar-refractivity contribution is 5.55. The van der Waals surface area contributed by atoms with Gasteiger partial charge in [-0.2, -0.15) is 0 Å². The standard InChI is InChI=1S/C12H20N4O2/c1-4-5-6-7-15(3)12-9-10(16(17)18)8-11(13-2)14-12/h8-9H,4-7H2,1-3H3,(H,13,14). The van der Waals surface area contributed by atoms with Gasteiger partial charge in [0.1, 0.15) is 11.6 Å². The number of aromatic nitrogens is 1. The molecule has 1 N–H and O–H groups in total. The number of nitrogens with zero attached hydrogens (tertiary/aromatic N) is 3. The van der Waals surface area contributed by atoms with Gasteiger partial charge in [0.25, 0.3) is 5.69 Å². The number of anilines is 2. The minimum Gasteiger partial charge on any atom is -0.373 e. The Balaban J connectivity index is 2.86. The van der Waals surface area contributed by atoms with Crippen LogP contribution < -0.4 is 10.2 Å². The van der Waals surface area contributed by atoms with E-state index in [0.717, 1.165) is 25.8 Å². The predicted molar refractivity (Wildman–Crippen MR) is 73.2 cm³/mol. The van der Waals surface area contributed by atoms with Crippen LogP contribution in [-0.2, 0) is 0 Å². The molecule has 0 aliphatic rings. The minimum atomic E-state index is -0.397. The molecule has 0 radical (unpaired) electrons. The first-order valence-corrected chi connectivity index (χ1v) is 6.13. The molecule has 0 fully saturated rings. The van der Waals surface area contributed by atoms with Crippen LogP contribution in [0.2, 0.25) is 0 Å². The summed E-state index contributed by atoms with van der Waals surface area (Å²) in [6.45, 7) is 3.00. The number of unbranched alkanes of at least 4 members (excludes halogenated alkanes) is 2. The molecule has 0 aliphatic heterocycles. The molecule has 0 unspecified atom stereocenters. The summed E-state index contributed by atoms with van der Waals surface area (Å²) in [5.74, 6) is 1.14. The van der Waals surface area contributed by atoms with E-state index < -0.39 is 4.92 Å². The van der Waals surface area contributed by atoms with Crippen LogP contribution in [0.5, 0.6) is 0 Å². The van der Waals surface area contributed by atoms with Crippen LogP contribution in [0.25, 0.3) is 0 Å². The zero-order valence-electron chi connectivity index (χ0n) is 11.1. The highest BCUT2D eigenvalue weighted by atomic mass is 16.6. The first-order valence-electron chi connectivity index (χ1n) is 6.13. The predicted octanol–water partition coefficient (Wildman–Crippen LogP) is 2.66. The summed E-state index contributed by atoms with van der Waals surface area (Å²) in [5.41, 5.74) is 0.0618. The van der Waals surface area contributed by atoms with Crippen molar-refractivity contribution in [3.8, 4) is 0 Å². The average molecular weight is 252 g/mol. The summed E-state index contributed by atoms with van der Waals surface area (Å²) in [5, 5.41) is 13.7. The number of nitro groups is 1. The van der Waals surface area contributed by atoms with Gasteiger partial charge in [-0.3, -0.25) is 10.1 Å². The van der Waals surface area contributed by atoms with Gasteiger partial charge < -0.3 is 10.2 Å². The number of hydrogen-bond acceptors (Lipinski definition) is 5. The second-order valence-electron chi connectivity index (χ2n) is 4.20. The van der Waals surface area contributed by atoms with Gasteiger partial charge in [0.15, 0.2) is 0 Å². The van der Waals surface area contributed by atoms with E-state index in [-0.39, 0.29) is 5.69 Å². The Labute approximate surface area is 107 Å². The molecule has 6 heteroatoms. The summed E-state index contributed by atoms with van der Waals surface area (Å²) in [6, 6.07) is 2.94. The van der Waals surface area contributed by atoms with Crippen LogP contribution in [0.15, 0.2) is 12.1 Å². The van der Waals surface area contributed by atoms with E-state index in [0.29, 0.717) is 11.6 Å². The first-order chi connectivity index (χ1) is 8.58. The van der Waals surface area contributed by atoms with E-state index in [4.69, 9.17) is 0 Å². The molecular weight excluding hydrogens is 232 g/mol. The van der Waals surface area contributed by atoms with Crippen LogP contribution in [-0.4, -0.2) is 30.5 Å². The summed E-state index contributed by atoms with van der Waals surface area (Å²) in [6.07, 6.45) is 3.36. The third-order valence-corrected chi connectivity index (χ3v) is 2.75. The molecule has 1 heterocycles. The van der Waals surface area contributed by atoms with Gasteiger partial charge in [0, 0.05) is 20.6 Å². The summed E-state index contributed by atoms with van der Waals surface area (Å²) < 4.78 is 0. The largest absolute Gasteiger partial charge is 0.373 e. The molecule has 0 aromatic carbocycles. The molecular formula is C12H20N4O2. The Bertz CT molecular complexity index is 409. The Hall–Kier alpha value is -1.85. The Kier molecular flexibility index (Phi) is 5.35. The Morgan fingerprint density at radius 1 is 1.44 bits per heavy atom. The number of pyridine rings is 1. The smallest absolute Gasteiger partial charge is 0.276 e. The van der Waals surface area contributed by atoms with Crippen molar-refractivity contribution in [3.05, 3.63) is 22.2 Å². The van der Waals surface area contributed by atoms with Crippen molar-refractivity contribution in [1.29, 1.82) is 0 Å². The fraction of sp³-hybridized carbons (Fsp3) is 0.583. The molecule has 0 aliphatic carbocycles.